The third-order valence-electron chi connectivity index (χ3n) is 0. The molecule has 4 nitrogen and oxygen atoms in total. The van der Waals surface area contributed by atoms with Gasteiger partial charge in [0.25, 0.3) is 0 Å². The molecule has 0 aromatic carbocycles. The Kier molecular flexibility index (Phi) is 878. The first kappa shape index (κ1) is 93.2. The Labute approximate surface area is 113 Å². The molecule has 0 aliphatic heterocycles. The van der Waals surface area contributed by atoms with Crippen LogP contribution in [-0.2, 0) is 0 Å². The Bertz CT molecular complexity index is 9.65. The molecule has 36 valence electrons. The Morgan fingerprint density at radius 1 is 0.429 bits per heavy atom. The van der Waals surface area contributed by atoms with Crippen molar-refractivity contribution in [1.29, 1.82) is 0 Å². The van der Waals surface area contributed by atoms with Crippen molar-refractivity contribution in [2.45, 2.75) is 0 Å². The fourth-order valence-electron chi connectivity index (χ4n) is 0. The Morgan fingerprint density at radius 3 is 0.429 bits per heavy atom. The number of hydrogen-bond donors (Lipinski definition) is 0. The summed E-state index contributed by atoms with van der Waals surface area (Å²) in [4.78, 5) is 0. The topological polar surface area (TPSA) is 120 Å². The minimum absolute atomic E-state index is 0. The quantitative estimate of drug-likeness (QED) is 0.445. The van der Waals surface area contributed by atoms with Gasteiger partial charge in [0.15, 0.2) is 0 Å². The van der Waals surface area contributed by atoms with Gasteiger partial charge in [0.2, 0.25) is 0 Å². The van der Waals surface area contributed by atoms with E-state index in [1.54, 1.807) is 0 Å². The first-order valence-electron chi connectivity index (χ1n) is 0. The predicted octanol–water partition coefficient (Wildman–Crippen LogP) is -1.85. The van der Waals surface area contributed by atoms with Gasteiger partial charge in [-0.1, -0.05) is 0 Å². The van der Waals surface area contributed by atoms with Gasteiger partial charge >= 0.3 is 75.5 Å². The van der Waals surface area contributed by atoms with Crippen LogP contribution in [0.1, 0.15) is 0 Å². The van der Waals surface area contributed by atoms with Crippen molar-refractivity contribution < 1.29 is 21.9 Å². The van der Waals surface area contributed by atoms with Gasteiger partial charge in [-0.15, -0.1) is 0 Å². The molecule has 0 saturated heterocycles. The van der Waals surface area contributed by atoms with Crippen LogP contribution in [-0.4, -0.2) is 115 Å². The summed E-state index contributed by atoms with van der Waals surface area (Å²) < 4.78 is 0. The SMILES string of the molecule is [Ca+2].[Ca+2].[Ge].[OH-].[OH-].[OH-].[OH-]. The van der Waals surface area contributed by atoms with Crippen LogP contribution in [0.4, 0.5) is 0 Å². The van der Waals surface area contributed by atoms with Gasteiger partial charge < -0.3 is 21.9 Å². The second-order valence-corrected chi connectivity index (χ2v) is 0. The molecule has 0 atom stereocenters. The van der Waals surface area contributed by atoms with E-state index in [-0.39, 0.29) is 115 Å². The summed E-state index contributed by atoms with van der Waals surface area (Å²) in [5.41, 5.74) is 0. The first-order valence-corrected chi connectivity index (χ1v) is 0. The van der Waals surface area contributed by atoms with Gasteiger partial charge in [-0.3, -0.25) is 0 Å². The number of hydrogen-bond acceptors (Lipinski definition) is 4. The monoisotopic (exact) mass is 222 g/mol. The molecule has 0 bridgehead atoms. The molecule has 0 saturated carbocycles. The van der Waals surface area contributed by atoms with Gasteiger partial charge in [0.1, 0.15) is 0 Å². The summed E-state index contributed by atoms with van der Waals surface area (Å²) in [5.74, 6) is 0. The molecule has 7 heteroatoms. The van der Waals surface area contributed by atoms with Crippen molar-refractivity contribution >= 4 is 93.1 Å². The largest absolute Gasteiger partial charge is 2.00 e. The van der Waals surface area contributed by atoms with Crippen molar-refractivity contribution in [1.82, 2.24) is 0 Å². The summed E-state index contributed by atoms with van der Waals surface area (Å²) in [5, 5.41) is 0. The van der Waals surface area contributed by atoms with E-state index in [2.05, 4.69) is 0 Å². The van der Waals surface area contributed by atoms with Gasteiger partial charge in [-0.05, 0) is 0 Å². The molecule has 0 spiro atoms. The fourth-order valence-corrected chi connectivity index (χ4v) is 0. The molecule has 0 rings (SSSR count). The second-order valence-electron chi connectivity index (χ2n) is 0. The average molecular weight is 221 g/mol. The van der Waals surface area contributed by atoms with Gasteiger partial charge in [0.05, 0.1) is 0 Å². The third-order valence-corrected chi connectivity index (χ3v) is 0. The van der Waals surface area contributed by atoms with Crippen molar-refractivity contribution in [3.63, 3.8) is 0 Å². The Balaban J connectivity index is 0. The molecule has 4 radical (unpaired) electrons. The second kappa shape index (κ2) is 66.0. The summed E-state index contributed by atoms with van der Waals surface area (Å²) in [6.07, 6.45) is 0. The van der Waals surface area contributed by atoms with Crippen molar-refractivity contribution in [2.75, 3.05) is 0 Å². The minimum atomic E-state index is 0. The summed E-state index contributed by atoms with van der Waals surface area (Å²) in [6.45, 7) is 0. The molecule has 0 aliphatic rings. The van der Waals surface area contributed by atoms with E-state index in [1.165, 1.54) is 0 Å². The standard InChI is InChI=1S/2Ca.Ge.4H2O/h;;;4*1H2/q2*+2;;;;;/p-4. The van der Waals surface area contributed by atoms with E-state index in [9.17, 15) is 0 Å². The van der Waals surface area contributed by atoms with Crippen LogP contribution in [0, 0.1) is 0 Å². The van der Waals surface area contributed by atoms with Crippen LogP contribution in [0.15, 0.2) is 0 Å². The van der Waals surface area contributed by atoms with E-state index in [4.69, 9.17) is 0 Å². The van der Waals surface area contributed by atoms with Crippen LogP contribution >= 0.6 is 0 Å². The van der Waals surface area contributed by atoms with E-state index >= 15 is 0 Å². The zero-order chi connectivity index (χ0) is 0. The molecule has 0 aromatic rings. The maximum Gasteiger partial charge on any atom is 2.00 e. The molecule has 7 heavy (non-hydrogen) atoms. The molecule has 0 aliphatic carbocycles. The Hall–Kier alpha value is 2.90. The van der Waals surface area contributed by atoms with Gasteiger partial charge in [-0.2, -0.15) is 0 Å². The molecule has 0 heterocycles. The predicted molar refractivity (Wildman–Crippen MR) is 25.0 cm³/mol. The molecule has 0 amide bonds. The molecule has 0 unspecified atom stereocenters. The van der Waals surface area contributed by atoms with Crippen LogP contribution in [0.3, 0.4) is 0 Å². The van der Waals surface area contributed by atoms with E-state index in [1.807, 2.05) is 0 Å². The normalized spacial score (nSPS) is 0. The molecule has 4 N–H and O–H groups in total. The van der Waals surface area contributed by atoms with Crippen LogP contribution in [0.25, 0.3) is 0 Å². The molecular formula is H4Ca2GeO4. The van der Waals surface area contributed by atoms with Crippen molar-refractivity contribution in [2.24, 2.45) is 0 Å². The molecular weight excluding hydrogens is 217 g/mol. The van der Waals surface area contributed by atoms with Gasteiger partial charge in [-0.25, -0.2) is 0 Å². The fraction of sp³-hybridized carbons (Fsp3) is 0. The number of rotatable bonds is 0. The van der Waals surface area contributed by atoms with Crippen molar-refractivity contribution in [3.05, 3.63) is 0 Å². The maximum absolute atomic E-state index is 0. The van der Waals surface area contributed by atoms with Crippen LogP contribution in [0.5, 0.6) is 0 Å². The Morgan fingerprint density at radius 2 is 0.429 bits per heavy atom. The van der Waals surface area contributed by atoms with Crippen LogP contribution in [0.2, 0.25) is 0 Å². The third kappa shape index (κ3) is 50.4. The zero-order valence-corrected chi connectivity index (χ0v) is 10.2. The van der Waals surface area contributed by atoms with Crippen molar-refractivity contribution in [3.8, 4) is 0 Å². The van der Waals surface area contributed by atoms with Gasteiger partial charge in [0, 0.05) is 17.6 Å². The average Bonchev–Trinajstić information content (AvgIpc) is 0. The summed E-state index contributed by atoms with van der Waals surface area (Å²) in [6, 6.07) is 0. The minimum Gasteiger partial charge on any atom is -0.870 e. The van der Waals surface area contributed by atoms with E-state index in [0.717, 1.165) is 0 Å². The molecule has 0 fully saturated rings. The zero-order valence-electron chi connectivity index (χ0n) is 3.70. The first-order chi connectivity index (χ1) is 0. The molecule has 0 aromatic heterocycles. The smallest absolute Gasteiger partial charge is 0.870 e. The van der Waals surface area contributed by atoms with Crippen LogP contribution < -0.4 is 0 Å². The van der Waals surface area contributed by atoms with E-state index in [0.29, 0.717) is 0 Å². The maximum atomic E-state index is 0. The van der Waals surface area contributed by atoms with E-state index < -0.39 is 0 Å². The summed E-state index contributed by atoms with van der Waals surface area (Å²) >= 11 is 0. The summed E-state index contributed by atoms with van der Waals surface area (Å²) in [7, 11) is 0.